The third-order valence-corrected chi connectivity index (χ3v) is 0.539. The summed E-state index contributed by atoms with van der Waals surface area (Å²) in [5.41, 5.74) is 0. The molecule has 0 bridgehead atoms. The fourth-order valence-electron chi connectivity index (χ4n) is 0.204. The van der Waals surface area contributed by atoms with E-state index in [2.05, 4.69) is 6.92 Å². The first-order valence-electron chi connectivity index (χ1n) is 2.08. The number of hydrogen-bond donors (Lipinski definition) is 0. The SMILES string of the molecule is [CH2]CCCC#N. The summed E-state index contributed by atoms with van der Waals surface area (Å²) in [6.07, 6.45) is 2.48. The predicted octanol–water partition coefficient (Wildman–Crippen LogP) is 1.51. The summed E-state index contributed by atoms with van der Waals surface area (Å²) < 4.78 is 0. The van der Waals surface area contributed by atoms with Gasteiger partial charge in [-0.2, -0.15) is 5.26 Å². The van der Waals surface area contributed by atoms with Crippen LogP contribution in [0.5, 0.6) is 0 Å². The van der Waals surface area contributed by atoms with Gasteiger partial charge in [0.25, 0.3) is 0 Å². The Bertz CT molecular complexity index is 51.4. The third-order valence-electron chi connectivity index (χ3n) is 0.539. The first-order valence-corrected chi connectivity index (χ1v) is 2.08. The summed E-state index contributed by atoms with van der Waals surface area (Å²) in [4.78, 5) is 0. The van der Waals surface area contributed by atoms with Gasteiger partial charge in [0.2, 0.25) is 0 Å². The Morgan fingerprint density at radius 1 is 1.67 bits per heavy atom. The van der Waals surface area contributed by atoms with Gasteiger partial charge in [0.05, 0.1) is 6.07 Å². The van der Waals surface area contributed by atoms with Gasteiger partial charge in [-0.25, -0.2) is 0 Å². The molecule has 0 rings (SSSR count). The van der Waals surface area contributed by atoms with Gasteiger partial charge in [0.1, 0.15) is 0 Å². The lowest BCUT2D eigenvalue weighted by atomic mass is 10.3. The van der Waals surface area contributed by atoms with Gasteiger partial charge in [-0.05, 0) is 6.42 Å². The van der Waals surface area contributed by atoms with Crippen molar-refractivity contribution < 1.29 is 0 Å². The smallest absolute Gasteiger partial charge is 0.0621 e. The molecule has 1 heteroatoms. The Morgan fingerprint density at radius 3 is 2.50 bits per heavy atom. The van der Waals surface area contributed by atoms with E-state index < -0.39 is 0 Å². The van der Waals surface area contributed by atoms with Crippen molar-refractivity contribution in [2.24, 2.45) is 0 Å². The standard InChI is InChI=1S/C5H8N/c1-2-3-4-5-6/h1-4H2. The maximum atomic E-state index is 7.92. The fraction of sp³-hybridized carbons (Fsp3) is 0.600. The monoisotopic (exact) mass is 82.1 g/mol. The second kappa shape index (κ2) is 4.49. The van der Waals surface area contributed by atoms with E-state index in [0.29, 0.717) is 6.42 Å². The number of nitrogens with zero attached hydrogens (tertiary/aromatic N) is 1. The molecular formula is C5H8N. The highest BCUT2D eigenvalue weighted by molar-refractivity contribution is 4.67. The molecule has 0 aromatic heterocycles. The minimum absolute atomic E-state index is 0.656. The Kier molecular flexibility index (Phi) is 4.11. The summed E-state index contributed by atoms with van der Waals surface area (Å²) in [5, 5.41) is 7.92. The molecule has 0 aliphatic carbocycles. The van der Waals surface area contributed by atoms with E-state index in [1.54, 1.807) is 0 Å². The number of rotatable bonds is 2. The van der Waals surface area contributed by atoms with E-state index in [1.165, 1.54) is 0 Å². The second-order valence-corrected chi connectivity index (χ2v) is 1.12. The summed E-state index contributed by atoms with van der Waals surface area (Å²) in [6, 6.07) is 2.03. The average molecular weight is 82.1 g/mol. The van der Waals surface area contributed by atoms with Gasteiger partial charge in [0, 0.05) is 6.42 Å². The lowest BCUT2D eigenvalue weighted by molar-refractivity contribution is 0.874. The van der Waals surface area contributed by atoms with Crippen LogP contribution in [0.25, 0.3) is 0 Å². The molecule has 0 saturated heterocycles. The zero-order valence-corrected chi connectivity index (χ0v) is 3.78. The Morgan fingerprint density at radius 2 is 2.33 bits per heavy atom. The Labute approximate surface area is 38.6 Å². The molecule has 0 aromatic carbocycles. The molecule has 0 atom stereocenters. The van der Waals surface area contributed by atoms with Crippen LogP contribution in [0.2, 0.25) is 0 Å². The van der Waals surface area contributed by atoms with E-state index in [4.69, 9.17) is 5.26 Å². The summed E-state index contributed by atoms with van der Waals surface area (Å²) in [7, 11) is 0. The number of unbranched alkanes of at least 4 members (excludes halogenated alkanes) is 2. The van der Waals surface area contributed by atoms with Crippen molar-refractivity contribution in [3.05, 3.63) is 6.92 Å². The second-order valence-electron chi connectivity index (χ2n) is 1.12. The van der Waals surface area contributed by atoms with Gasteiger partial charge in [0.15, 0.2) is 0 Å². The van der Waals surface area contributed by atoms with Gasteiger partial charge >= 0.3 is 0 Å². The minimum Gasteiger partial charge on any atom is -0.198 e. The highest BCUT2D eigenvalue weighted by Gasteiger charge is 1.74. The molecule has 0 fully saturated rings. The summed E-state index contributed by atoms with van der Waals surface area (Å²) in [6.45, 7) is 3.57. The van der Waals surface area contributed by atoms with E-state index in [1.807, 2.05) is 6.07 Å². The van der Waals surface area contributed by atoms with Crippen LogP contribution in [0.1, 0.15) is 19.3 Å². The zero-order valence-electron chi connectivity index (χ0n) is 3.78. The molecule has 0 N–H and O–H groups in total. The van der Waals surface area contributed by atoms with Crippen LogP contribution in [0.15, 0.2) is 0 Å². The van der Waals surface area contributed by atoms with Crippen molar-refractivity contribution in [1.29, 1.82) is 5.26 Å². The first-order chi connectivity index (χ1) is 2.91. The minimum atomic E-state index is 0.656. The molecule has 6 heavy (non-hydrogen) atoms. The molecular weight excluding hydrogens is 74.1 g/mol. The molecule has 0 saturated carbocycles. The van der Waals surface area contributed by atoms with E-state index >= 15 is 0 Å². The van der Waals surface area contributed by atoms with Crippen LogP contribution < -0.4 is 0 Å². The van der Waals surface area contributed by atoms with Crippen molar-refractivity contribution in [3.63, 3.8) is 0 Å². The van der Waals surface area contributed by atoms with Crippen LogP contribution in [0.4, 0.5) is 0 Å². The van der Waals surface area contributed by atoms with Crippen LogP contribution in [-0.2, 0) is 0 Å². The predicted molar refractivity (Wildman–Crippen MR) is 24.8 cm³/mol. The fourth-order valence-corrected chi connectivity index (χ4v) is 0.204. The molecule has 0 aliphatic rings. The molecule has 0 aromatic rings. The van der Waals surface area contributed by atoms with E-state index in [0.717, 1.165) is 12.8 Å². The van der Waals surface area contributed by atoms with Gasteiger partial charge < -0.3 is 0 Å². The van der Waals surface area contributed by atoms with Crippen LogP contribution in [-0.4, -0.2) is 0 Å². The van der Waals surface area contributed by atoms with Crippen molar-refractivity contribution >= 4 is 0 Å². The van der Waals surface area contributed by atoms with Crippen molar-refractivity contribution in [2.45, 2.75) is 19.3 Å². The lowest BCUT2D eigenvalue weighted by Gasteiger charge is -1.77. The van der Waals surface area contributed by atoms with Crippen LogP contribution >= 0.6 is 0 Å². The third kappa shape index (κ3) is 3.49. The Balaban J connectivity index is 2.54. The average Bonchev–Trinajstić information content (AvgIpc) is 1.61. The molecule has 0 aliphatic heterocycles. The molecule has 0 heterocycles. The normalized spacial score (nSPS) is 7.33. The van der Waals surface area contributed by atoms with Gasteiger partial charge in [-0.3, -0.25) is 0 Å². The molecule has 33 valence electrons. The first kappa shape index (κ1) is 5.49. The molecule has 1 nitrogen and oxygen atoms in total. The number of nitriles is 1. The van der Waals surface area contributed by atoms with Crippen molar-refractivity contribution in [3.8, 4) is 6.07 Å². The zero-order chi connectivity index (χ0) is 4.83. The maximum absolute atomic E-state index is 7.92. The largest absolute Gasteiger partial charge is 0.198 e. The van der Waals surface area contributed by atoms with E-state index in [-0.39, 0.29) is 0 Å². The van der Waals surface area contributed by atoms with Crippen molar-refractivity contribution in [2.75, 3.05) is 0 Å². The molecule has 1 radical (unpaired) electrons. The van der Waals surface area contributed by atoms with Gasteiger partial charge in [-0.1, -0.05) is 13.3 Å². The highest BCUT2D eigenvalue weighted by atomic mass is 14.2. The topological polar surface area (TPSA) is 23.8 Å². The highest BCUT2D eigenvalue weighted by Crippen LogP contribution is 1.88. The quantitative estimate of drug-likeness (QED) is 0.463. The maximum Gasteiger partial charge on any atom is 0.0621 e. The molecule has 0 spiro atoms. The van der Waals surface area contributed by atoms with Crippen molar-refractivity contribution in [1.82, 2.24) is 0 Å². The molecule has 0 amide bonds. The van der Waals surface area contributed by atoms with Crippen LogP contribution in [0.3, 0.4) is 0 Å². The molecule has 0 unspecified atom stereocenters. The lowest BCUT2D eigenvalue weighted by Crippen LogP contribution is -1.63. The van der Waals surface area contributed by atoms with E-state index in [9.17, 15) is 0 Å². The van der Waals surface area contributed by atoms with Crippen LogP contribution in [0, 0.1) is 18.3 Å². The number of hydrogen-bond acceptors (Lipinski definition) is 1. The summed E-state index contributed by atoms with van der Waals surface area (Å²) in [5.74, 6) is 0. The van der Waals surface area contributed by atoms with Gasteiger partial charge in [-0.15, -0.1) is 0 Å². The summed E-state index contributed by atoms with van der Waals surface area (Å²) >= 11 is 0. The Hall–Kier alpha value is -0.510.